The van der Waals surface area contributed by atoms with Gasteiger partial charge in [-0.25, -0.2) is 0 Å². The summed E-state index contributed by atoms with van der Waals surface area (Å²) < 4.78 is 0. The number of fused-ring (bicyclic) bond motifs is 1. The first kappa shape index (κ1) is 11.3. The molecule has 0 aliphatic heterocycles. The first-order valence-electron chi connectivity index (χ1n) is 6.07. The molecule has 0 saturated heterocycles. The van der Waals surface area contributed by atoms with Crippen molar-refractivity contribution in [3.05, 3.63) is 76.4 Å². The fraction of sp³-hybridized carbons (Fsp3) is 0.0588. The summed E-state index contributed by atoms with van der Waals surface area (Å²) in [5.74, 6) is 0. The monoisotopic (exact) mass is 242 g/mol. The van der Waals surface area contributed by atoms with Crippen molar-refractivity contribution in [1.82, 2.24) is 0 Å². The summed E-state index contributed by atoms with van der Waals surface area (Å²) in [6.45, 7) is 0. The average molecular weight is 242 g/mol. The molecule has 0 spiro atoms. The van der Waals surface area contributed by atoms with Gasteiger partial charge in [-0.1, -0.05) is 36.4 Å². The second-order valence-corrected chi connectivity index (χ2v) is 4.43. The smallest absolute Gasteiger partial charge is 0.0998 e. The number of rotatable bonds is 1. The fourth-order valence-electron chi connectivity index (χ4n) is 2.55. The molecule has 0 fully saturated rings. The Balaban J connectivity index is 2.26. The molecule has 19 heavy (non-hydrogen) atoms. The molecular weight excluding hydrogens is 232 g/mol. The van der Waals surface area contributed by atoms with E-state index in [0.717, 1.165) is 23.1 Å². The summed E-state index contributed by atoms with van der Waals surface area (Å²) in [5.41, 5.74) is 5.25. The average Bonchev–Trinajstić information content (AvgIpc) is 2.90. The molecule has 0 atom stereocenters. The third-order valence-electron chi connectivity index (χ3n) is 3.41. The molecule has 2 heteroatoms. The maximum Gasteiger partial charge on any atom is 0.0998 e. The van der Waals surface area contributed by atoms with Crippen molar-refractivity contribution in [2.24, 2.45) is 0 Å². The second kappa shape index (κ2) is 4.44. The Bertz CT molecular complexity index is 738. The molecule has 2 aromatic rings. The lowest BCUT2D eigenvalue weighted by atomic mass is 9.92. The summed E-state index contributed by atoms with van der Waals surface area (Å²) in [6, 6.07) is 17.8. The molecule has 0 saturated carbocycles. The Morgan fingerprint density at radius 2 is 1.53 bits per heavy atom. The molecule has 0 aromatic heterocycles. The van der Waals surface area contributed by atoms with Crippen LogP contribution in [0.2, 0.25) is 0 Å². The van der Waals surface area contributed by atoms with E-state index in [9.17, 15) is 10.5 Å². The second-order valence-electron chi connectivity index (χ2n) is 4.43. The molecule has 0 N–H and O–H groups in total. The van der Waals surface area contributed by atoms with E-state index in [1.807, 2.05) is 18.2 Å². The first-order valence-corrected chi connectivity index (χ1v) is 6.07. The highest BCUT2D eigenvalue weighted by Gasteiger charge is 2.20. The number of nitrogens with zero attached hydrogens (tertiary/aromatic N) is 2. The largest absolute Gasteiger partial charge is 0.192 e. The Morgan fingerprint density at radius 3 is 2.21 bits per heavy atom. The third kappa shape index (κ3) is 1.71. The van der Waals surface area contributed by atoms with Crippen LogP contribution in [0.4, 0.5) is 0 Å². The van der Waals surface area contributed by atoms with E-state index in [1.165, 1.54) is 5.56 Å². The van der Waals surface area contributed by atoms with Crippen LogP contribution >= 0.6 is 0 Å². The van der Waals surface area contributed by atoms with Crippen LogP contribution in [0, 0.1) is 22.7 Å². The first-order chi connectivity index (χ1) is 9.35. The molecule has 0 amide bonds. The molecular formula is C17H10N2. The van der Waals surface area contributed by atoms with E-state index < -0.39 is 0 Å². The number of benzene rings is 2. The number of allylic oxidation sites excluding steroid dienone is 1. The van der Waals surface area contributed by atoms with Crippen LogP contribution in [0.15, 0.2) is 48.5 Å². The highest BCUT2D eigenvalue weighted by atomic mass is 14.3. The minimum absolute atomic E-state index is 0.557. The van der Waals surface area contributed by atoms with E-state index in [-0.39, 0.29) is 0 Å². The summed E-state index contributed by atoms with van der Waals surface area (Å²) in [6.07, 6.45) is 2.96. The standard InChI is InChI=1S/C17H10N2/c18-10-13-5-3-6-14(11-19)17(13)16-9-8-12-4-1-2-7-15(12)16/h1-7,9H,8H2. The van der Waals surface area contributed by atoms with Crippen molar-refractivity contribution < 1.29 is 0 Å². The predicted molar refractivity (Wildman–Crippen MR) is 73.1 cm³/mol. The Hall–Kier alpha value is -2.84. The van der Waals surface area contributed by atoms with Gasteiger partial charge in [0.05, 0.1) is 23.3 Å². The van der Waals surface area contributed by atoms with Crippen LogP contribution in [-0.4, -0.2) is 0 Å². The van der Waals surface area contributed by atoms with E-state index in [1.54, 1.807) is 18.2 Å². The van der Waals surface area contributed by atoms with Crippen LogP contribution in [0.5, 0.6) is 0 Å². The van der Waals surface area contributed by atoms with E-state index in [2.05, 4.69) is 24.3 Å². The van der Waals surface area contributed by atoms with Crippen molar-refractivity contribution in [1.29, 1.82) is 10.5 Å². The van der Waals surface area contributed by atoms with Gasteiger partial charge in [-0.2, -0.15) is 10.5 Å². The van der Waals surface area contributed by atoms with Gasteiger partial charge >= 0.3 is 0 Å². The van der Waals surface area contributed by atoms with E-state index in [0.29, 0.717) is 11.1 Å². The van der Waals surface area contributed by atoms with Crippen molar-refractivity contribution in [2.75, 3.05) is 0 Å². The highest BCUT2D eigenvalue weighted by Crippen LogP contribution is 2.35. The minimum atomic E-state index is 0.557. The Labute approximate surface area is 111 Å². The Kier molecular flexibility index (Phi) is 2.63. The number of hydrogen-bond acceptors (Lipinski definition) is 2. The van der Waals surface area contributed by atoms with Crippen LogP contribution in [0.1, 0.15) is 27.8 Å². The van der Waals surface area contributed by atoms with Crippen molar-refractivity contribution in [3.8, 4) is 12.1 Å². The van der Waals surface area contributed by atoms with Gasteiger partial charge in [0, 0.05) is 5.56 Å². The topological polar surface area (TPSA) is 47.6 Å². The third-order valence-corrected chi connectivity index (χ3v) is 3.41. The zero-order valence-corrected chi connectivity index (χ0v) is 10.2. The predicted octanol–water partition coefficient (Wildman–Crippen LogP) is 3.42. The minimum Gasteiger partial charge on any atom is -0.192 e. The maximum absolute atomic E-state index is 9.26. The molecule has 88 valence electrons. The molecule has 1 aliphatic rings. The lowest BCUT2D eigenvalue weighted by Gasteiger charge is -2.09. The Morgan fingerprint density at radius 1 is 0.842 bits per heavy atom. The summed E-state index contributed by atoms with van der Waals surface area (Å²) in [4.78, 5) is 0. The molecule has 0 unspecified atom stereocenters. The number of nitriles is 2. The van der Waals surface area contributed by atoms with Gasteiger partial charge in [0.15, 0.2) is 0 Å². The highest BCUT2D eigenvalue weighted by molar-refractivity contribution is 5.89. The molecule has 0 radical (unpaired) electrons. The maximum atomic E-state index is 9.26. The van der Waals surface area contributed by atoms with Crippen LogP contribution in [0.3, 0.4) is 0 Å². The molecule has 0 bridgehead atoms. The van der Waals surface area contributed by atoms with Gasteiger partial charge in [-0.05, 0) is 35.3 Å². The van der Waals surface area contributed by atoms with Gasteiger partial charge < -0.3 is 0 Å². The molecule has 3 rings (SSSR count). The van der Waals surface area contributed by atoms with Gasteiger partial charge in [0.1, 0.15) is 0 Å². The van der Waals surface area contributed by atoms with Crippen molar-refractivity contribution in [3.63, 3.8) is 0 Å². The fourth-order valence-corrected chi connectivity index (χ4v) is 2.55. The zero-order valence-electron chi connectivity index (χ0n) is 10.2. The molecule has 2 aromatic carbocycles. The molecule has 2 nitrogen and oxygen atoms in total. The van der Waals surface area contributed by atoms with Crippen LogP contribution in [0.25, 0.3) is 5.57 Å². The lowest BCUT2D eigenvalue weighted by Crippen LogP contribution is -1.95. The SMILES string of the molecule is N#Cc1cccc(C#N)c1C1=CCc2ccccc21. The van der Waals surface area contributed by atoms with Gasteiger partial charge in [-0.15, -0.1) is 0 Å². The van der Waals surface area contributed by atoms with Gasteiger partial charge in [0.25, 0.3) is 0 Å². The quantitative estimate of drug-likeness (QED) is 0.769. The zero-order chi connectivity index (χ0) is 13.2. The summed E-state index contributed by atoms with van der Waals surface area (Å²) in [7, 11) is 0. The summed E-state index contributed by atoms with van der Waals surface area (Å²) in [5, 5.41) is 18.5. The van der Waals surface area contributed by atoms with E-state index >= 15 is 0 Å². The normalized spacial score (nSPS) is 12.2. The number of hydrogen-bond donors (Lipinski definition) is 0. The summed E-state index contributed by atoms with van der Waals surface area (Å²) >= 11 is 0. The molecule has 0 heterocycles. The van der Waals surface area contributed by atoms with E-state index in [4.69, 9.17) is 0 Å². The van der Waals surface area contributed by atoms with Crippen molar-refractivity contribution >= 4 is 5.57 Å². The van der Waals surface area contributed by atoms with Crippen LogP contribution in [-0.2, 0) is 6.42 Å². The van der Waals surface area contributed by atoms with Crippen LogP contribution < -0.4 is 0 Å². The van der Waals surface area contributed by atoms with Crippen molar-refractivity contribution in [2.45, 2.75) is 6.42 Å². The molecule has 1 aliphatic carbocycles. The lowest BCUT2D eigenvalue weighted by molar-refractivity contribution is 1.31. The van der Waals surface area contributed by atoms with Gasteiger partial charge in [0.2, 0.25) is 0 Å². The van der Waals surface area contributed by atoms with Gasteiger partial charge in [-0.3, -0.25) is 0 Å².